The molecule has 0 aromatic heterocycles. The molecule has 0 fully saturated rings. The van der Waals surface area contributed by atoms with Crippen molar-refractivity contribution in [1.82, 2.24) is 4.72 Å². The Balaban J connectivity index is 2.41. The fourth-order valence-corrected chi connectivity index (χ4v) is 2.28. The van der Waals surface area contributed by atoms with Crippen LogP contribution in [0.3, 0.4) is 0 Å². The van der Waals surface area contributed by atoms with Crippen LogP contribution >= 0.6 is 0 Å². The van der Waals surface area contributed by atoms with E-state index in [0.717, 1.165) is 0 Å². The van der Waals surface area contributed by atoms with E-state index in [1.807, 2.05) is 0 Å². The summed E-state index contributed by atoms with van der Waals surface area (Å²) in [5.41, 5.74) is 0. The van der Waals surface area contributed by atoms with Crippen molar-refractivity contribution in [2.75, 3.05) is 33.5 Å². The number of benzene rings is 1. The number of nitrogens with one attached hydrogen (secondary N) is 1. The molecule has 0 aliphatic rings. The van der Waals surface area contributed by atoms with Gasteiger partial charge in [0.15, 0.2) is 0 Å². The fourth-order valence-electron chi connectivity index (χ4n) is 1.23. The molecule has 0 heterocycles. The minimum absolute atomic E-state index is 0.0272. The lowest BCUT2D eigenvalue weighted by Crippen LogP contribution is -2.27. The van der Waals surface area contributed by atoms with E-state index in [9.17, 15) is 13.5 Å². The standard InChI is InChI=1S/C11H17NO5S/c1-16-7-8-17-6-5-12-18(14,15)11-4-2-3-10(13)9-11/h2-4,9,12-13H,5-8H2,1H3. The molecule has 0 aliphatic carbocycles. The first-order valence-electron chi connectivity index (χ1n) is 5.41. The molecule has 0 saturated heterocycles. The molecule has 0 bridgehead atoms. The molecule has 7 heteroatoms. The Bertz CT molecular complexity index is 460. The highest BCUT2D eigenvalue weighted by atomic mass is 32.2. The number of hydrogen-bond donors (Lipinski definition) is 2. The molecule has 102 valence electrons. The first kappa shape index (κ1) is 14.9. The van der Waals surface area contributed by atoms with Crippen molar-refractivity contribution in [1.29, 1.82) is 0 Å². The number of methoxy groups -OCH3 is 1. The van der Waals surface area contributed by atoms with Gasteiger partial charge in [0.2, 0.25) is 10.0 Å². The monoisotopic (exact) mass is 275 g/mol. The van der Waals surface area contributed by atoms with E-state index >= 15 is 0 Å². The highest BCUT2D eigenvalue weighted by Crippen LogP contribution is 2.15. The first-order chi connectivity index (χ1) is 8.56. The number of hydrogen-bond acceptors (Lipinski definition) is 5. The average molecular weight is 275 g/mol. The van der Waals surface area contributed by atoms with E-state index in [-0.39, 0.29) is 23.8 Å². The van der Waals surface area contributed by atoms with Crippen LogP contribution in [-0.4, -0.2) is 47.0 Å². The van der Waals surface area contributed by atoms with Crippen LogP contribution in [-0.2, 0) is 19.5 Å². The third-order valence-electron chi connectivity index (χ3n) is 2.10. The Morgan fingerprint density at radius 2 is 2.06 bits per heavy atom. The predicted molar refractivity (Wildman–Crippen MR) is 66.0 cm³/mol. The molecule has 0 spiro atoms. The van der Waals surface area contributed by atoms with E-state index in [1.54, 1.807) is 7.11 Å². The number of rotatable bonds is 8. The number of aromatic hydroxyl groups is 1. The number of sulfonamides is 1. The van der Waals surface area contributed by atoms with Crippen LogP contribution in [0.1, 0.15) is 0 Å². The Morgan fingerprint density at radius 3 is 2.72 bits per heavy atom. The first-order valence-corrected chi connectivity index (χ1v) is 6.90. The Kier molecular flexibility index (Phi) is 6.06. The molecular formula is C11H17NO5S. The van der Waals surface area contributed by atoms with Gasteiger partial charge >= 0.3 is 0 Å². The average Bonchev–Trinajstić information content (AvgIpc) is 2.33. The van der Waals surface area contributed by atoms with Crippen LogP contribution < -0.4 is 4.72 Å². The minimum Gasteiger partial charge on any atom is -0.508 e. The van der Waals surface area contributed by atoms with E-state index in [2.05, 4.69) is 4.72 Å². The quantitative estimate of drug-likeness (QED) is 0.668. The smallest absolute Gasteiger partial charge is 0.240 e. The molecule has 1 rings (SSSR count). The second-order valence-electron chi connectivity index (χ2n) is 3.50. The van der Waals surface area contributed by atoms with Gasteiger partial charge in [0, 0.05) is 13.7 Å². The van der Waals surface area contributed by atoms with Crippen LogP contribution in [0, 0.1) is 0 Å². The summed E-state index contributed by atoms with van der Waals surface area (Å²) in [6.07, 6.45) is 0. The van der Waals surface area contributed by atoms with E-state index in [4.69, 9.17) is 9.47 Å². The minimum atomic E-state index is -3.60. The zero-order valence-corrected chi connectivity index (χ0v) is 10.9. The predicted octanol–water partition coefficient (Wildman–Crippen LogP) is 0.334. The van der Waals surface area contributed by atoms with Crippen molar-refractivity contribution in [2.45, 2.75) is 4.90 Å². The van der Waals surface area contributed by atoms with Gasteiger partial charge in [0.25, 0.3) is 0 Å². The van der Waals surface area contributed by atoms with Crippen LogP contribution in [0.2, 0.25) is 0 Å². The Labute approximate surface area is 107 Å². The Morgan fingerprint density at radius 1 is 1.28 bits per heavy atom. The van der Waals surface area contributed by atoms with Gasteiger partial charge in [-0.2, -0.15) is 0 Å². The molecule has 0 aliphatic heterocycles. The lowest BCUT2D eigenvalue weighted by atomic mass is 10.3. The summed E-state index contributed by atoms with van der Waals surface area (Å²) in [5.74, 6) is -0.0887. The van der Waals surface area contributed by atoms with Gasteiger partial charge in [-0.3, -0.25) is 0 Å². The SMILES string of the molecule is COCCOCCNS(=O)(=O)c1cccc(O)c1. The number of phenolic OH excluding ortho intramolecular Hbond substituents is 1. The summed E-state index contributed by atoms with van der Waals surface area (Å²) in [6, 6.07) is 5.48. The largest absolute Gasteiger partial charge is 0.508 e. The maximum atomic E-state index is 11.8. The summed E-state index contributed by atoms with van der Waals surface area (Å²) in [6.45, 7) is 1.33. The molecular weight excluding hydrogens is 258 g/mol. The van der Waals surface area contributed by atoms with Crippen molar-refractivity contribution in [2.24, 2.45) is 0 Å². The summed E-state index contributed by atoms with van der Waals surface area (Å²) < 4.78 is 35.8. The van der Waals surface area contributed by atoms with Crippen molar-refractivity contribution < 1.29 is 23.0 Å². The normalized spacial score (nSPS) is 11.6. The topological polar surface area (TPSA) is 84.9 Å². The zero-order valence-electron chi connectivity index (χ0n) is 10.1. The highest BCUT2D eigenvalue weighted by Gasteiger charge is 2.13. The van der Waals surface area contributed by atoms with E-state index in [0.29, 0.717) is 13.2 Å². The molecule has 0 amide bonds. The van der Waals surface area contributed by atoms with Gasteiger partial charge < -0.3 is 14.6 Å². The molecule has 18 heavy (non-hydrogen) atoms. The van der Waals surface area contributed by atoms with E-state index < -0.39 is 10.0 Å². The molecule has 2 N–H and O–H groups in total. The molecule has 0 atom stereocenters. The van der Waals surface area contributed by atoms with Gasteiger partial charge in [-0.05, 0) is 18.2 Å². The summed E-state index contributed by atoms with van der Waals surface area (Å²) in [5, 5.41) is 9.21. The lowest BCUT2D eigenvalue weighted by Gasteiger charge is -2.07. The van der Waals surface area contributed by atoms with E-state index in [1.165, 1.54) is 24.3 Å². The molecule has 0 radical (unpaired) electrons. The Hall–Kier alpha value is -1.15. The summed E-state index contributed by atoms with van der Waals surface area (Å²) in [4.78, 5) is 0.0272. The molecule has 6 nitrogen and oxygen atoms in total. The molecule has 0 unspecified atom stereocenters. The van der Waals surface area contributed by atoms with Gasteiger partial charge in [-0.15, -0.1) is 0 Å². The van der Waals surface area contributed by atoms with Crippen LogP contribution in [0.25, 0.3) is 0 Å². The molecule has 0 saturated carbocycles. The van der Waals surface area contributed by atoms with Crippen LogP contribution in [0.5, 0.6) is 5.75 Å². The van der Waals surface area contributed by atoms with Gasteiger partial charge in [-0.1, -0.05) is 6.07 Å². The van der Waals surface area contributed by atoms with Crippen LogP contribution in [0.4, 0.5) is 0 Å². The van der Waals surface area contributed by atoms with Crippen molar-refractivity contribution in [3.63, 3.8) is 0 Å². The third kappa shape index (κ3) is 5.01. The fraction of sp³-hybridized carbons (Fsp3) is 0.455. The van der Waals surface area contributed by atoms with Gasteiger partial charge in [-0.25, -0.2) is 13.1 Å². The van der Waals surface area contributed by atoms with Crippen molar-refractivity contribution in [3.05, 3.63) is 24.3 Å². The molecule has 1 aromatic rings. The van der Waals surface area contributed by atoms with Crippen molar-refractivity contribution >= 4 is 10.0 Å². The highest BCUT2D eigenvalue weighted by molar-refractivity contribution is 7.89. The number of phenols is 1. The lowest BCUT2D eigenvalue weighted by molar-refractivity contribution is 0.0736. The van der Waals surface area contributed by atoms with Crippen LogP contribution in [0.15, 0.2) is 29.2 Å². The third-order valence-corrected chi connectivity index (χ3v) is 3.56. The second kappa shape index (κ2) is 7.32. The van der Waals surface area contributed by atoms with Gasteiger partial charge in [0.1, 0.15) is 5.75 Å². The number of ether oxygens (including phenoxy) is 2. The zero-order chi connectivity index (χ0) is 13.4. The molecule has 1 aromatic carbocycles. The van der Waals surface area contributed by atoms with Crippen molar-refractivity contribution in [3.8, 4) is 5.75 Å². The second-order valence-corrected chi connectivity index (χ2v) is 5.27. The summed E-state index contributed by atoms with van der Waals surface area (Å²) >= 11 is 0. The summed E-state index contributed by atoms with van der Waals surface area (Å²) in [7, 11) is -2.03. The van der Waals surface area contributed by atoms with Gasteiger partial charge in [0.05, 0.1) is 24.7 Å². The maximum absolute atomic E-state index is 11.8. The maximum Gasteiger partial charge on any atom is 0.240 e.